The fraction of sp³-hybridized carbons (Fsp3) is 0.520. The van der Waals surface area contributed by atoms with Gasteiger partial charge < -0.3 is 24.8 Å². The molecule has 0 amide bonds. The average molecular weight is 600 g/mol. The van der Waals surface area contributed by atoms with Gasteiger partial charge in [-0.25, -0.2) is 18.3 Å². The van der Waals surface area contributed by atoms with Crippen molar-refractivity contribution in [3.8, 4) is 5.75 Å². The predicted molar refractivity (Wildman–Crippen MR) is 143 cm³/mol. The van der Waals surface area contributed by atoms with Gasteiger partial charge in [-0.05, 0) is 32.9 Å². The fourth-order valence-corrected chi connectivity index (χ4v) is 6.59. The van der Waals surface area contributed by atoms with Crippen LogP contribution in [0.15, 0.2) is 41.5 Å². The zero-order valence-corrected chi connectivity index (χ0v) is 23.7. The van der Waals surface area contributed by atoms with E-state index in [-0.39, 0.29) is 22.9 Å². The normalized spacial score (nSPS) is 25.6. The van der Waals surface area contributed by atoms with Crippen molar-refractivity contribution in [2.24, 2.45) is 5.92 Å². The molecule has 0 bridgehead atoms. The maximum absolute atomic E-state index is 16.1. The fourth-order valence-electron chi connectivity index (χ4n) is 4.49. The SMILES string of the molecule is CC(C)OC(=O)[C@H](C)CP(=O)(Oc1ccccc1)O[C@@H](C)[C@H]1O[C@@H](n2cnc3c(=O)[nH]c(N)nc32)C(F)(CF)[C@H]1O. The summed E-state index contributed by atoms with van der Waals surface area (Å²) in [6, 6.07) is 8.02. The molecule has 224 valence electrons. The van der Waals surface area contributed by atoms with E-state index in [2.05, 4.69) is 15.0 Å². The van der Waals surface area contributed by atoms with Crippen LogP contribution in [0.5, 0.6) is 5.75 Å². The van der Waals surface area contributed by atoms with Crippen LogP contribution >= 0.6 is 7.60 Å². The summed E-state index contributed by atoms with van der Waals surface area (Å²) < 4.78 is 67.7. The molecule has 3 aromatic rings. The number of halogens is 2. The van der Waals surface area contributed by atoms with Crippen LogP contribution in [0.3, 0.4) is 0 Å². The van der Waals surface area contributed by atoms with E-state index in [9.17, 15) is 23.7 Å². The lowest BCUT2D eigenvalue weighted by Gasteiger charge is -2.29. The Bertz CT molecular complexity index is 1490. The quantitative estimate of drug-likeness (QED) is 0.218. The number of aliphatic hydroxyl groups is 1. The van der Waals surface area contributed by atoms with Gasteiger partial charge in [0.05, 0.1) is 30.6 Å². The van der Waals surface area contributed by atoms with Gasteiger partial charge in [-0.1, -0.05) is 25.1 Å². The van der Waals surface area contributed by atoms with Crippen molar-refractivity contribution >= 4 is 30.7 Å². The molecule has 7 atom stereocenters. The minimum absolute atomic E-state index is 0.167. The second-order valence-corrected chi connectivity index (χ2v) is 12.1. The largest absolute Gasteiger partial charge is 0.463 e. The van der Waals surface area contributed by atoms with Crippen molar-refractivity contribution in [2.45, 2.75) is 64.0 Å². The first-order chi connectivity index (χ1) is 19.3. The number of hydrogen-bond donors (Lipinski definition) is 3. The molecule has 0 radical (unpaired) electrons. The number of esters is 1. The summed E-state index contributed by atoms with van der Waals surface area (Å²) in [5.74, 6) is -1.70. The van der Waals surface area contributed by atoms with E-state index in [1.807, 2.05) is 0 Å². The number of nitrogens with two attached hydrogens (primary N) is 1. The number of rotatable bonds is 11. The Morgan fingerprint density at radius 2 is 1.98 bits per heavy atom. The van der Waals surface area contributed by atoms with Gasteiger partial charge >= 0.3 is 13.6 Å². The van der Waals surface area contributed by atoms with Gasteiger partial charge in [-0.2, -0.15) is 4.98 Å². The number of aromatic nitrogens is 4. The van der Waals surface area contributed by atoms with E-state index in [1.54, 1.807) is 32.0 Å². The number of para-hydroxylation sites is 1. The molecule has 41 heavy (non-hydrogen) atoms. The standard InChI is InChI=1S/C25H32F2N5O8P/c1-13(2)37-22(35)14(3)10-41(36,40-16-8-6-5-7-9-16)39-15(4)18-19(33)25(27,11-26)23(38-18)32-12-29-17-20(32)30-24(28)31-21(17)34/h5-9,12-15,18-19,23,33H,10-11H2,1-4H3,(H3,28,30,31,34)/t14-,15+,18-,19+,23-,25?,41?/m1/s1. The van der Waals surface area contributed by atoms with Crippen LogP contribution in [0.4, 0.5) is 14.7 Å². The lowest BCUT2D eigenvalue weighted by Crippen LogP contribution is -2.47. The van der Waals surface area contributed by atoms with Gasteiger partial charge in [-0.3, -0.25) is 23.7 Å². The van der Waals surface area contributed by atoms with Crippen molar-refractivity contribution < 1.29 is 41.8 Å². The van der Waals surface area contributed by atoms with E-state index >= 15 is 4.39 Å². The van der Waals surface area contributed by atoms with Crippen LogP contribution < -0.4 is 15.8 Å². The molecule has 2 aromatic heterocycles. The van der Waals surface area contributed by atoms with E-state index in [0.29, 0.717) is 0 Å². The molecular formula is C25H32F2N5O8P. The molecule has 0 spiro atoms. The molecule has 1 saturated heterocycles. The number of nitrogen functional groups attached to an aromatic ring is 1. The Hall–Kier alpha value is -3.39. The number of H-pyrrole nitrogens is 1. The molecule has 3 heterocycles. The molecule has 1 aliphatic heterocycles. The number of nitrogens with zero attached hydrogens (tertiary/aromatic N) is 3. The Labute approximate surface area is 233 Å². The first-order valence-corrected chi connectivity index (χ1v) is 14.5. The van der Waals surface area contributed by atoms with Crippen LogP contribution in [0, 0.1) is 5.92 Å². The number of carbonyl (C=O) groups is 1. The molecule has 16 heteroatoms. The number of imidazole rings is 1. The third-order valence-corrected chi connectivity index (χ3v) is 8.57. The summed E-state index contributed by atoms with van der Waals surface area (Å²) in [6.45, 7) is 4.44. The number of aliphatic hydroxyl groups excluding tert-OH is 1. The molecule has 1 fully saturated rings. The minimum Gasteiger partial charge on any atom is -0.463 e. The summed E-state index contributed by atoms with van der Waals surface area (Å²) in [5.41, 5.74) is 1.43. The van der Waals surface area contributed by atoms with Gasteiger partial charge in [0.1, 0.15) is 24.6 Å². The Morgan fingerprint density at radius 1 is 1.29 bits per heavy atom. The average Bonchev–Trinajstić information content (AvgIpc) is 3.42. The highest BCUT2D eigenvalue weighted by Crippen LogP contribution is 2.53. The number of anilines is 1. The van der Waals surface area contributed by atoms with E-state index < -0.39 is 74.2 Å². The van der Waals surface area contributed by atoms with E-state index in [1.165, 1.54) is 26.0 Å². The number of nitrogens with one attached hydrogen (secondary N) is 1. The highest BCUT2D eigenvalue weighted by molar-refractivity contribution is 7.54. The van der Waals surface area contributed by atoms with Crippen molar-refractivity contribution in [2.75, 3.05) is 18.6 Å². The second kappa shape index (κ2) is 11.8. The highest BCUT2D eigenvalue weighted by Gasteiger charge is 2.61. The van der Waals surface area contributed by atoms with Gasteiger partial charge in [-0.15, -0.1) is 0 Å². The summed E-state index contributed by atoms with van der Waals surface area (Å²) in [6.07, 6.45) is -6.75. The zero-order valence-electron chi connectivity index (χ0n) is 22.8. The molecule has 1 aliphatic rings. The number of alkyl halides is 2. The van der Waals surface area contributed by atoms with Crippen LogP contribution in [0.2, 0.25) is 0 Å². The number of aromatic amines is 1. The lowest BCUT2D eigenvalue weighted by molar-refractivity contribution is -0.151. The van der Waals surface area contributed by atoms with Crippen LogP contribution in [0.25, 0.3) is 11.2 Å². The van der Waals surface area contributed by atoms with Crippen LogP contribution in [-0.4, -0.2) is 73.5 Å². The van der Waals surface area contributed by atoms with E-state index in [0.717, 1.165) is 10.9 Å². The van der Waals surface area contributed by atoms with Gasteiger partial charge in [0.15, 0.2) is 17.4 Å². The molecule has 2 unspecified atom stereocenters. The second-order valence-electron chi connectivity index (χ2n) is 10.1. The van der Waals surface area contributed by atoms with Crippen molar-refractivity contribution in [3.63, 3.8) is 0 Å². The number of ether oxygens (including phenoxy) is 2. The Balaban J connectivity index is 1.63. The van der Waals surface area contributed by atoms with Gasteiger partial charge in [0.2, 0.25) is 11.6 Å². The number of fused-ring (bicyclic) bond motifs is 1. The molecule has 4 rings (SSSR count). The minimum atomic E-state index is -4.21. The zero-order chi connectivity index (χ0) is 30.1. The Kier molecular flexibility index (Phi) is 8.83. The summed E-state index contributed by atoms with van der Waals surface area (Å²) in [5, 5.41) is 10.9. The summed E-state index contributed by atoms with van der Waals surface area (Å²) in [4.78, 5) is 34.7. The highest BCUT2D eigenvalue weighted by atomic mass is 31.2. The number of carbonyl (C=O) groups excluding carboxylic acids is 1. The van der Waals surface area contributed by atoms with E-state index in [4.69, 9.17) is 24.3 Å². The van der Waals surface area contributed by atoms with Gasteiger partial charge in [0.25, 0.3) is 5.56 Å². The van der Waals surface area contributed by atoms with Crippen LogP contribution in [0.1, 0.15) is 33.9 Å². The molecule has 0 aliphatic carbocycles. The first kappa shape index (κ1) is 30.6. The van der Waals surface area contributed by atoms with Crippen molar-refractivity contribution in [1.29, 1.82) is 0 Å². The third-order valence-electron chi connectivity index (χ3n) is 6.44. The molecule has 13 nitrogen and oxygen atoms in total. The Morgan fingerprint density at radius 3 is 2.61 bits per heavy atom. The maximum atomic E-state index is 16.1. The monoisotopic (exact) mass is 599 g/mol. The van der Waals surface area contributed by atoms with Gasteiger partial charge in [0, 0.05) is 0 Å². The van der Waals surface area contributed by atoms with Crippen LogP contribution in [-0.2, 0) is 23.4 Å². The summed E-state index contributed by atoms with van der Waals surface area (Å²) >= 11 is 0. The third kappa shape index (κ3) is 6.27. The smallest absolute Gasteiger partial charge is 0.380 e. The molecule has 4 N–H and O–H groups in total. The topological polar surface area (TPSA) is 181 Å². The molecular weight excluding hydrogens is 567 g/mol. The molecule has 0 saturated carbocycles. The lowest BCUT2D eigenvalue weighted by atomic mass is 9.95. The number of benzene rings is 1. The summed E-state index contributed by atoms with van der Waals surface area (Å²) in [7, 11) is -4.21. The van der Waals surface area contributed by atoms with Crippen molar-refractivity contribution in [1.82, 2.24) is 19.5 Å². The molecule has 1 aromatic carbocycles. The first-order valence-electron chi connectivity index (χ1n) is 12.8. The number of hydrogen-bond acceptors (Lipinski definition) is 11. The van der Waals surface area contributed by atoms with Crippen molar-refractivity contribution in [3.05, 3.63) is 47.0 Å². The predicted octanol–water partition coefficient (Wildman–Crippen LogP) is 2.90. The maximum Gasteiger partial charge on any atom is 0.380 e.